The van der Waals surface area contributed by atoms with Crippen LogP contribution in [0.4, 0.5) is 5.82 Å². The molecule has 0 fully saturated rings. The van der Waals surface area contributed by atoms with Crippen molar-refractivity contribution in [3.63, 3.8) is 0 Å². The zero-order chi connectivity index (χ0) is 15.3. The number of aromatic carboxylic acids is 1. The standard InChI is InChI=1S/C14H14N2O4S/c17-14(18)12-6-7-13(15-10-12)16-21(19,20)9-8-11-4-2-1-3-5-11/h1-7,10H,8-9H2,(H,15,16)(H,17,18). The molecule has 0 amide bonds. The van der Waals surface area contributed by atoms with Crippen LogP contribution in [0.3, 0.4) is 0 Å². The number of rotatable bonds is 6. The Hall–Kier alpha value is -2.41. The van der Waals surface area contributed by atoms with E-state index in [9.17, 15) is 13.2 Å². The van der Waals surface area contributed by atoms with Gasteiger partial charge in [-0.3, -0.25) is 4.72 Å². The van der Waals surface area contributed by atoms with Crippen LogP contribution in [0.2, 0.25) is 0 Å². The molecule has 0 saturated heterocycles. The Morgan fingerprint density at radius 3 is 2.43 bits per heavy atom. The second-order valence-corrected chi connectivity index (χ2v) is 6.24. The van der Waals surface area contributed by atoms with Crippen LogP contribution in [0.5, 0.6) is 0 Å². The Morgan fingerprint density at radius 2 is 1.86 bits per heavy atom. The van der Waals surface area contributed by atoms with Crippen molar-refractivity contribution in [2.45, 2.75) is 6.42 Å². The number of aryl methyl sites for hydroxylation is 1. The fraction of sp³-hybridized carbons (Fsp3) is 0.143. The number of carbonyl (C=O) groups is 1. The summed E-state index contributed by atoms with van der Waals surface area (Å²) >= 11 is 0. The lowest BCUT2D eigenvalue weighted by Gasteiger charge is -2.07. The Balaban J connectivity index is 1.99. The summed E-state index contributed by atoms with van der Waals surface area (Å²) in [5.41, 5.74) is 0.930. The molecule has 2 N–H and O–H groups in total. The number of carboxylic acid groups (broad SMARTS) is 1. The Morgan fingerprint density at radius 1 is 1.14 bits per heavy atom. The molecule has 1 heterocycles. The first kappa shape index (κ1) is 15.0. The second-order valence-electron chi connectivity index (χ2n) is 4.39. The molecule has 1 aromatic carbocycles. The Labute approximate surface area is 122 Å². The van der Waals surface area contributed by atoms with E-state index >= 15 is 0 Å². The highest BCUT2D eigenvalue weighted by Crippen LogP contribution is 2.09. The summed E-state index contributed by atoms with van der Waals surface area (Å²) in [5.74, 6) is -1.08. The predicted octanol–water partition coefficient (Wildman–Crippen LogP) is 1.76. The summed E-state index contributed by atoms with van der Waals surface area (Å²) in [5, 5.41) is 8.74. The highest BCUT2D eigenvalue weighted by atomic mass is 32.2. The summed E-state index contributed by atoms with van der Waals surface area (Å²) in [6.07, 6.45) is 1.50. The molecule has 0 spiro atoms. The van der Waals surface area contributed by atoms with E-state index in [1.54, 1.807) is 0 Å². The molecule has 0 aliphatic heterocycles. The number of aromatic nitrogens is 1. The molecule has 1 aromatic heterocycles. The lowest BCUT2D eigenvalue weighted by Crippen LogP contribution is -2.19. The lowest BCUT2D eigenvalue weighted by molar-refractivity contribution is 0.0696. The SMILES string of the molecule is O=C(O)c1ccc(NS(=O)(=O)CCc2ccccc2)nc1. The molecule has 0 radical (unpaired) electrons. The van der Waals surface area contributed by atoms with E-state index < -0.39 is 16.0 Å². The van der Waals surface area contributed by atoms with E-state index in [1.807, 2.05) is 30.3 Å². The Bertz CT molecular complexity index is 712. The fourth-order valence-corrected chi connectivity index (χ4v) is 2.73. The molecule has 0 saturated carbocycles. The highest BCUT2D eigenvalue weighted by molar-refractivity contribution is 7.92. The molecule has 2 aromatic rings. The predicted molar refractivity (Wildman–Crippen MR) is 78.8 cm³/mol. The zero-order valence-corrected chi connectivity index (χ0v) is 11.9. The zero-order valence-electron chi connectivity index (χ0n) is 11.1. The molecular formula is C14H14N2O4S. The van der Waals surface area contributed by atoms with E-state index in [0.29, 0.717) is 6.42 Å². The number of hydrogen-bond donors (Lipinski definition) is 2. The van der Waals surface area contributed by atoms with E-state index in [4.69, 9.17) is 5.11 Å². The van der Waals surface area contributed by atoms with Crippen LogP contribution in [0.15, 0.2) is 48.7 Å². The number of hydrogen-bond acceptors (Lipinski definition) is 4. The first-order valence-corrected chi connectivity index (χ1v) is 7.85. The number of pyridine rings is 1. The van der Waals surface area contributed by atoms with Crippen LogP contribution < -0.4 is 4.72 Å². The van der Waals surface area contributed by atoms with Crippen LogP contribution in [-0.4, -0.2) is 30.2 Å². The number of anilines is 1. The van der Waals surface area contributed by atoms with Crippen molar-refractivity contribution in [1.82, 2.24) is 4.98 Å². The van der Waals surface area contributed by atoms with Gasteiger partial charge < -0.3 is 5.11 Å². The minimum atomic E-state index is -3.53. The number of carboxylic acids is 1. The molecule has 0 aliphatic carbocycles. The second kappa shape index (κ2) is 6.36. The molecule has 2 rings (SSSR count). The quantitative estimate of drug-likeness (QED) is 0.847. The van der Waals surface area contributed by atoms with Crippen molar-refractivity contribution < 1.29 is 18.3 Å². The van der Waals surface area contributed by atoms with Crippen molar-refractivity contribution in [2.75, 3.05) is 10.5 Å². The Kier molecular flexibility index (Phi) is 4.54. The van der Waals surface area contributed by atoms with Crippen LogP contribution in [0, 0.1) is 0 Å². The lowest BCUT2D eigenvalue weighted by atomic mass is 10.2. The number of benzene rings is 1. The van der Waals surface area contributed by atoms with Crippen molar-refractivity contribution in [2.24, 2.45) is 0 Å². The van der Waals surface area contributed by atoms with Gasteiger partial charge in [-0.15, -0.1) is 0 Å². The van der Waals surface area contributed by atoms with Crippen LogP contribution in [0.1, 0.15) is 15.9 Å². The first-order valence-electron chi connectivity index (χ1n) is 6.20. The van der Waals surface area contributed by atoms with E-state index in [-0.39, 0.29) is 17.1 Å². The molecule has 0 unspecified atom stereocenters. The minimum Gasteiger partial charge on any atom is -0.478 e. The highest BCUT2D eigenvalue weighted by Gasteiger charge is 2.12. The number of nitrogens with one attached hydrogen (secondary N) is 1. The van der Waals surface area contributed by atoms with E-state index in [2.05, 4.69) is 9.71 Å². The molecule has 0 bridgehead atoms. The van der Waals surface area contributed by atoms with Gasteiger partial charge in [0.1, 0.15) is 5.82 Å². The maximum absolute atomic E-state index is 11.9. The molecule has 21 heavy (non-hydrogen) atoms. The maximum atomic E-state index is 11.9. The van der Waals surface area contributed by atoms with Gasteiger partial charge in [0.2, 0.25) is 10.0 Å². The van der Waals surface area contributed by atoms with Crippen LogP contribution in [-0.2, 0) is 16.4 Å². The molecule has 0 atom stereocenters. The van der Waals surface area contributed by atoms with Gasteiger partial charge in [-0.2, -0.15) is 0 Å². The van der Waals surface area contributed by atoms with Crippen LogP contribution in [0.25, 0.3) is 0 Å². The first-order chi connectivity index (χ1) is 9.96. The fourth-order valence-electron chi connectivity index (χ4n) is 1.69. The summed E-state index contributed by atoms with van der Waals surface area (Å²) in [7, 11) is -3.53. The van der Waals surface area contributed by atoms with Crippen molar-refractivity contribution in [3.8, 4) is 0 Å². The van der Waals surface area contributed by atoms with Crippen molar-refractivity contribution in [3.05, 3.63) is 59.8 Å². The average Bonchev–Trinajstić information content (AvgIpc) is 2.46. The summed E-state index contributed by atoms with van der Waals surface area (Å²) in [6, 6.07) is 11.9. The number of sulfonamides is 1. The molecule has 7 heteroatoms. The van der Waals surface area contributed by atoms with Gasteiger partial charge in [0.15, 0.2) is 0 Å². The molecule has 110 valence electrons. The topological polar surface area (TPSA) is 96.4 Å². The van der Waals surface area contributed by atoms with E-state index in [1.165, 1.54) is 12.1 Å². The van der Waals surface area contributed by atoms with Crippen molar-refractivity contribution in [1.29, 1.82) is 0 Å². The third-order valence-corrected chi connectivity index (χ3v) is 4.03. The van der Waals surface area contributed by atoms with Gasteiger partial charge in [-0.1, -0.05) is 30.3 Å². The van der Waals surface area contributed by atoms with Gasteiger partial charge in [-0.05, 0) is 24.1 Å². The summed E-state index contributed by atoms with van der Waals surface area (Å²) in [6.45, 7) is 0. The van der Waals surface area contributed by atoms with Gasteiger partial charge in [0, 0.05) is 6.20 Å². The monoisotopic (exact) mass is 306 g/mol. The third-order valence-electron chi connectivity index (χ3n) is 2.77. The molecule has 6 nitrogen and oxygen atoms in total. The van der Waals surface area contributed by atoms with Crippen LogP contribution >= 0.6 is 0 Å². The smallest absolute Gasteiger partial charge is 0.337 e. The van der Waals surface area contributed by atoms with Crippen molar-refractivity contribution >= 4 is 21.8 Å². The minimum absolute atomic E-state index is 0.00207. The van der Waals surface area contributed by atoms with E-state index in [0.717, 1.165) is 11.8 Å². The normalized spacial score (nSPS) is 11.0. The van der Waals surface area contributed by atoms with Gasteiger partial charge in [-0.25, -0.2) is 18.2 Å². The average molecular weight is 306 g/mol. The molecule has 0 aliphatic rings. The molecular weight excluding hydrogens is 292 g/mol. The summed E-state index contributed by atoms with van der Waals surface area (Å²) in [4.78, 5) is 14.4. The maximum Gasteiger partial charge on any atom is 0.337 e. The third kappa shape index (κ3) is 4.57. The van der Waals surface area contributed by atoms with Gasteiger partial charge >= 0.3 is 5.97 Å². The largest absolute Gasteiger partial charge is 0.478 e. The number of nitrogens with zero attached hydrogens (tertiary/aromatic N) is 1. The van der Waals surface area contributed by atoms with Gasteiger partial charge in [0.25, 0.3) is 0 Å². The summed E-state index contributed by atoms with van der Waals surface area (Å²) < 4.78 is 26.2. The van der Waals surface area contributed by atoms with Gasteiger partial charge in [0.05, 0.1) is 11.3 Å².